The highest BCUT2D eigenvalue weighted by atomic mass is 16.5. The summed E-state index contributed by atoms with van der Waals surface area (Å²) in [4.78, 5) is 35.1. The fraction of sp³-hybridized carbons (Fsp3) is 0.148. The van der Waals surface area contributed by atoms with Crippen LogP contribution in [0.1, 0.15) is 17.0 Å². The second kappa shape index (κ2) is 11.0. The zero-order chi connectivity index (χ0) is 24.6. The molecule has 1 aliphatic carbocycles. The van der Waals surface area contributed by atoms with Crippen molar-refractivity contribution in [2.24, 2.45) is 0 Å². The Balaban J connectivity index is 1.25. The van der Waals surface area contributed by atoms with Crippen molar-refractivity contribution in [3.05, 3.63) is 96.1 Å². The van der Waals surface area contributed by atoms with E-state index < -0.39 is 24.6 Å². The van der Waals surface area contributed by atoms with Gasteiger partial charge in [0.15, 0.2) is 6.61 Å². The van der Waals surface area contributed by atoms with Gasteiger partial charge in [-0.1, -0.05) is 66.7 Å². The topological polar surface area (TPSA) is 114 Å². The molecule has 0 saturated heterocycles. The van der Waals surface area contributed by atoms with Crippen LogP contribution >= 0.6 is 0 Å². The number of carbonyl (C=O) groups is 3. The van der Waals surface area contributed by atoms with E-state index in [1.165, 1.54) is 12.2 Å². The number of carbonyl (C=O) groups excluding carboxylic acids is 2. The molecule has 0 unspecified atom stereocenters. The van der Waals surface area contributed by atoms with Crippen LogP contribution in [-0.4, -0.2) is 42.8 Å². The molecule has 4 rings (SSSR count). The van der Waals surface area contributed by atoms with Gasteiger partial charge in [-0.3, -0.25) is 4.79 Å². The lowest BCUT2D eigenvalue weighted by atomic mass is 9.98. The third-order valence-electron chi connectivity index (χ3n) is 5.47. The number of hydrogen-bond donors (Lipinski definition) is 3. The standard InChI is InChI=1S/C27H24N2O6/c30-25(29-23-12-5-6-13-24(23)34-17-26(31)32)14-7-15-28-27(33)35-16-22-20-10-3-1-8-18(20)19-9-2-4-11-21(19)22/h1-14,22H,15-17H2,(H,28,33)(H,29,30)(H,31,32)/b14-7+. The number of aliphatic carboxylic acids is 1. The normalized spacial score (nSPS) is 12.0. The van der Waals surface area contributed by atoms with Crippen molar-refractivity contribution < 1.29 is 29.0 Å². The van der Waals surface area contributed by atoms with Gasteiger partial charge in [0.25, 0.3) is 0 Å². The summed E-state index contributed by atoms with van der Waals surface area (Å²) in [6.45, 7) is -0.217. The van der Waals surface area contributed by atoms with Gasteiger partial charge >= 0.3 is 12.1 Å². The van der Waals surface area contributed by atoms with Crippen LogP contribution in [0.3, 0.4) is 0 Å². The molecule has 1 aliphatic rings. The monoisotopic (exact) mass is 472 g/mol. The minimum absolute atomic E-state index is 0.0297. The summed E-state index contributed by atoms with van der Waals surface area (Å²) in [5.74, 6) is -1.36. The Morgan fingerprint density at radius 1 is 0.886 bits per heavy atom. The van der Waals surface area contributed by atoms with Crippen molar-refractivity contribution in [1.29, 1.82) is 0 Å². The zero-order valence-electron chi connectivity index (χ0n) is 18.8. The lowest BCUT2D eigenvalue weighted by Crippen LogP contribution is -2.26. The number of rotatable bonds is 9. The molecule has 178 valence electrons. The highest BCUT2D eigenvalue weighted by Gasteiger charge is 2.28. The lowest BCUT2D eigenvalue weighted by molar-refractivity contribution is -0.139. The highest BCUT2D eigenvalue weighted by Crippen LogP contribution is 2.44. The van der Waals surface area contributed by atoms with E-state index in [4.69, 9.17) is 14.6 Å². The van der Waals surface area contributed by atoms with Gasteiger partial charge in [-0.05, 0) is 34.4 Å². The first kappa shape index (κ1) is 23.6. The van der Waals surface area contributed by atoms with Gasteiger partial charge in [-0.25, -0.2) is 9.59 Å². The fourth-order valence-corrected chi connectivity index (χ4v) is 3.97. The molecule has 2 amide bonds. The minimum Gasteiger partial charge on any atom is -0.480 e. The molecule has 8 heteroatoms. The van der Waals surface area contributed by atoms with E-state index in [1.807, 2.05) is 36.4 Å². The number of carboxylic acid groups (broad SMARTS) is 1. The molecule has 35 heavy (non-hydrogen) atoms. The van der Waals surface area contributed by atoms with Gasteiger partial charge in [-0.2, -0.15) is 0 Å². The lowest BCUT2D eigenvalue weighted by Gasteiger charge is -2.14. The number of hydrogen-bond acceptors (Lipinski definition) is 5. The molecule has 0 atom stereocenters. The Kier molecular flexibility index (Phi) is 7.42. The molecule has 0 heterocycles. The smallest absolute Gasteiger partial charge is 0.407 e. The fourth-order valence-electron chi connectivity index (χ4n) is 3.97. The van der Waals surface area contributed by atoms with Gasteiger partial charge in [0.2, 0.25) is 5.91 Å². The Morgan fingerprint density at radius 2 is 1.51 bits per heavy atom. The number of fused-ring (bicyclic) bond motifs is 3. The van der Waals surface area contributed by atoms with Crippen molar-refractivity contribution in [1.82, 2.24) is 5.32 Å². The van der Waals surface area contributed by atoms with E-state index in [0.29, 0.717) is 5.69 Å². The van der Waals surface area contributed by atoms with Crippen LogP contribution in [0.15, 0.2) is 84.9 Å². The van der Waals surface area contributed by atoms with Crippen LogP contribution in [0.5, 0.6) is 5.75 Å². The van der Waals surface area contributed by atoms with Crippen LogP contribution in [-0.2, 0) is 14.3 Å². The second-order valence-electron chi connectivity index (χ2n) is 7.78. The van der Waals surface area contributed by atoms with Crippen LogP contribution in [0.4, 0.5) is 10.5 Å². The molecule has 0 saturated carbocycles. The maximum atomic E-state index is 12.2. The largest absolute Gasteiger partial charge is 0.480 e. The zero-order valence-corrected chi connectivity index (χ0v) is 18.8. The van der Waals surface area contributed by atoms with Gasteiger partial charge < -0.3 is 25.2 Å². The van der Waals surface area contributed by atoms with E-state index in [2.05, 4.69) is 22.8 Å². The predicted molar refractivity (Wildman–Crippen MR) is 130 cm³/mol. The summed E-state index contributed by atoms with van der Waals surface area (Å²) < 4.78 is 10.6. The summed E-state index contributed by atoms with van der Waals surface area (Å²) in [7, 11) is 0. The van der Waals surface area contributed by atoms with E-state index >= 15 is 0 Å². The Morgan fingerprint density at radius 3 is 2.20 bits per heavy atom. The average Bonchev–Trinajstić information content (AvgIpc) is 3.18. The second-order valence-corrected chi connectivity index (χ2v) is 7.78. The van der Waals surface area contributed by atoms with Crippen molar-refractivity contribution >= 4 is 23.7 Å². The third kappa shape index (κ3) is 5.86. The first-order valence-electron chi connectivity index (χ1n) is 11.0. The Hall–Kier alpha value is -4.59. The number of alkyl carbamates (subject to hydrolysis) is 1. The van der Waals surface area contributed by atoms with Crippen molar-refractivity contribution in [2.75, 3.05) is 25.1 Å². The molecule has 3 aromatic carbocycles. The predicted octanol–water partition coefficient (Wildman–Crippen LogP) is 4.18. The van der Waals surface area contributed by atoms with Crippen molar-refractivity contribution in [3.8, 4) is 16.9 Å². The molecule has 3 aromatic rings. The first-order valence-corrected chi connectivity index (χ1v) is 11.0. The number of anilines is 1. The third-order valence-corrected chi connectivity index (χ3v) is 5.47. The molecule has 8 nitrogen and oxygen atoms in total. The van der Waals surface area contributed by atoms with Gasteiger partial charge in [0.1, 0.15) is 12.4 Å². The molecule has 3 N–H and O–H groups in total. The van der Waals surface area contributed by atoms with Gasteiger partial charge in [-0.15, -0.1) is 0 Å². The average molecular weight is 472 g/mol. The number of benzene rings is 3. The highest BCUT2D eigenvalue weighted by molar-refractivity contribution is 6.00. The van der Waals surface area contributed by atoms with E-state index in [0.717, 1.165) is 22.3 Å². The molecular weight excluding hydrogens is 448 g/mol. The minimum atomic E-state index is -1.12. The van der Waals surface area contributed by atoms with E-state index in [1.54, 1.807) is 24.3 Å². The number of ether oxygens (including phenoxy) is 2. The molecule has 0 radical (unpaired) electrons. The van der Waals surface area contributed by atoms with Crippen LogP contribution < -0.4 is 15.4 Å². The first-order chi connectivity index (χ1) is 17.0. The summed E-state index contributed by atoms with van der Waals surface area (Å²) in [6, 6.07) is 22.7. The molecule has 0 aliphatic heterocycles. The molecule has 0 bridgehead atoms. The Bertz CT molecular complexity index is 1220. The maximum Gasteiger partial charge on any atom is 0.407 e. The van der Waals surface area contributed by atoms with Crippen molar-refractivity contribution in [3.63, 3.8) is 0 Å². The SMILES string of the molecule is O=C(O)COc1ccccc1NC(=O)/C=C/CNC(=O)OCC1c2ccccc2-c2ccccc21. The summed E-state index contributed by atoms with van der Waals surface area (Å²) in [6.07, 6.45) is 2.17. The van der Waals surface area contributed by atoms with Crippen LogP contribution in [0.25, 0.3) is 11.1 Å². The van der Waals surface area contributed by atoms with Gasteiger partial charge in [0.05, 0.1) is 5.69 Å². The molecule has 0 fully saturated rings. The molecular formula is C27H24N2O6. The van der Waals surface area contributed by atoms with E-state index in [9.17, 15) is 14.4 Å². The number of nitrogens with one attached hydrogen (secondary N) is 2. The quantitative estimate of drug-likeness (QED) is 0.403. The van der Waals surface area contributed by atoms with Crippen LogP contribution in [0, 0.1) is 0 Å². The number of carboxylic acids is 1. The summed E-state index contributed by atoms with van der Waals surface area (Å²) in [5.41, 5.74) is 4.91. The number of para-hydroxylation sites is 2. The van der Waals surface area contributed by atoms with Crippen LogP contribution in [0.2, 0.25) is 0 Å². The Labute approximate surface area is 202 Å². The maximum absolute atomic E-state index is 12.2. The molecule has 0 aromatic heterocycles. The number of amides is 2. The van der Waals surface area contributed by atoms with Gasteiger partial charge in [0, 0.05) is 18.5 Å². The summed E-state index contributed by atoms with van der Waals surface area (Å²) in [5, 5.41) is 14.0. The van der Waals surface area contributed by atoms with Crippen molar-refractivity contribution in [2.45, 2.75) is 5.92 Å². The molecule has 0 spiro atoms. The summed E-state index contributed by atoms with van der Waals surface area (Å²) >= 11 is 0. The van der Waals surface area contributed by atoms with E-state index in [-0.39, 0.29) is 24.8 Å².